The molecule has 2 aliphatic heterocycles. The lowest BCUT2D eigenvalue weighted by Crippen LogP contribution is -2.37. The Hall–Kier alpha value is 0.400. The molecule has 2 rings (SSSR count). The molecular weight excluding hydrogens is 252 g/mol. The zero-order valence-corrected chi connectivity index (χ0v) is 11.4. The molecule has 15 heavy (non-hydrogen) atoms. The summed E-state index contributed by atoms with van der Waals surface area (Å²) in [6, 6.07) is 1.73. The minimum Gasteiger partial charge on any atom is -0.302 e. The number of likely N-dealkylation sites (tertiary alicyclic amines) is 1. The van der Waals surface area contributed by atoms with Gasteiger partial charge in [-0.1, -0.05) is 15.9 Å². The molecule has 2 fully saturated rings. The molecule has 2 saturated heterocycles. The summed E-state index contributed by atoms with van der Waals surface area (Å²) in [6.45, 7) is 3.95. The second-order valence-corrected chi connectivity index (χ2v) is 5.83. The number of halogens is 1. The molecule has 0 aliphatic carbocycles. The van der Waals surface area contributed by atoms with Crippen LogP contribution in [0.4, 0.5) is 0 Å². The molecular formula is C12H23BrN2. The number of rotatable bonds is 4. The maximum Gasteiger partial charge on any atom is 0.0223 e. The van der Waals surface area contributed by atoms with Crippen molar-refractivity contribution in [3.05, 3.63) is 0 Å². The molecule has 0 aromatic heterocycles. The van der Waals surface area contributed by atoms with E-state index in [1.54, 1.807) is 0 Å². The van der Waals surface area contributed by atoms with Crippen molar-refractivity contribution in [2.75, 3.05) is 32.0 Å². The lowest BCUT2D eigenvalue weighted by Gasteiger charge is -2.25. The first kappa shape index (κ1) is 11.9. The van der Waals surface area contributed by atoms with Crippen molar-refractivity contribution in [3.63, 3.8) is 0 Å². The van der Waals surface area contributed by atoms with Gasteiger partial charge in [0.25, 0.3) is 0 Å². The molecule has 0 radical (unpaired) electrons. The fraction of sp³-hybridized carbons (Fsp3) is 1.00. The van der Waals surface area contributed by atoms with Crippen LogP contribution in [-0.2, 0) is 0 Å². The van der Waals surface area contributed by atoms with Crippen molar-refractivity contribution in [1.29, 1.82) is 0 Å². The van der Waals surface area contributed by atoms with Gasteiger partial charge in [-0.15, -0.1) is 0 Å². The van der Waals surface area contributed by atoms with Crippen molar-refractivity contribution in [2.24, 2.45) is 0 Å². The van der Waals surface area contributed by atoms with Crippen LogP contribution in [0.5, 0.6) is 0 Å². The molecule has 88 valence electrons. The van der Waals surface area contributed by atoms with Crippen molar-refractivity contribution < 1.29 is 0 Å². The van der Waals surface area contributed by atoms with Crippen LogP contribution in [0.25, 0.3) is 0 Å². The first-order chi connectivity index (χ1) is 7.31. The first-order valence-electron chi connectivity index (χ1n) is 6.31. The van der Waals surface area contributed by atoms with Crippen LogP contribution >= 0.6 is 15.9 Å². The second kappa shape index (κ2) is 5.65. The van der Waals surface area contributed by atoms with Crippen LogP contribution in [0, 0.1) is 0 Å². The van der Waals surface area contributed by atoms with Crippen LogP contribution in [0.1, 0.15) is 32.1 Å². The molecule has 0 aromatic rings. The summed E-state index contributed by atoms with van der Waals surface area (Å²) in [4.78, 5) is 5.31. The highest BCUT2D eigenvalue weighted by molar-refractivity contribution is 9.09. The zero-order chi connectivity index (χ0) is 10.7. The smallest absolute Gasteiger partial charge is 0.0223 e. The molecule has 2 unspecified atom stereocenters. The average Bonchev–Trinajstić information content (AvgIpc) is 2.46. The van der Waals surface area contributed by atoms with Crippen molar-refractivity contribution in [2.45, 2.75) is 44.2 Å². The summed E-state index contributed by atoms with van der Waals surface area (Å²) in [5.41, 5.74) is 0. The number of hydrogen-bond donors (Lipinski definition) is 0. The Kier molecular flexibility index (Phi) is 4.47. The van der Waals surface area contributed by atoms with Gasteiger partial charge in [0.2, 0.25) is 0 Å². The van der Waals surface area contributed by atoms with Gasteiger partial charge in [0.1, 0.15) is 0 Å². The maximum atomic E-state index is 3.51. The fourth-order valence-corrected chi connectivity index (χ4v) is 3.41. The van der Waals surface area contributed by atoms with Gasteiger partial charge in [-0.2, -0.15) is 0 Å². The number of likely N-dealkylation sites (N-methyl/N-ethyl adjacent to an activating group) is 1. The zero-order valence-electron chi connectivity index (χ0n) is 9.79. The highest BCUT2D eigenvalue weighted by Crippen LogP contribution is 2.28. The van der Waals surface area contributed by atoms with E-state index in [9.17, 15) is 0 Å². The van der Waals surface area contributed by atoms with Crippen molar-refractivity contribution in [1.82, 2.24) is 9.80 Å². The molecule has 2 heterocycles. The highest BCUT2D eigenvalue weighted by Gasteiger charge is 2.34. The van der Waals surface area contributed by atoms with Gasteiger partial charge in [-0.3, -0.25) is 4.90 Å². The Bertz CT molecular complexity index is 198. The van der Waals surface area contributed by atoms with E-state index in [2.05, 4.69) is 32.8 Å². The largest absolute Gasteiger partial charge is 0.302 e. The van der Waals surface area contributed by atoms with Crippen molar-refractivity contribution >= 4 is 15.9 Å². The van der Waals surface area contributed by atoms with Crippen LogP contribution in [-0.4, -0.2) is 53.9 Å². The topological polar surface area (TPSA) is 6.48 Å². The Labute approximate surface area is 102 Å². The van der Waals surface area contributed by atoms with E-state index in [1.807, 2.05) is 0 Å². The number of hydrogen-bond acceptors (Lipinski definition) is 2. The maximum absolute atomic E-state index is 3.51. The molecule has 0 spiro atoms. The normalized spacial score (nSPS) is 33.2. The van der Waals surface area contributed by atoms with Gasteiger partial charge in [0.05, 0.1) is 0 Å². The van der Waals surface area contributed by atoms with E-state index in [4.69, 9.17) is 0 Å². The lowest BCUT2D eigenvalue weighted by molar-refractivity contribution is 0.217. The number of alkyl halides is 1. The Morgan fingerprint density at radius 3 is 2.73 bits per heavy atom. The van der Waals surface area contributed by atoms with E-state index in [-0.39, 0.29) is 0 Å². The van der Waals surface area contributed by atoms with E-state index in [1.165, 1.54) is 51.7 Å². The number of nitrogens with zero attached hydrogens (tertiary/aromatic N) is 2. The van der Waals surface area contributed by atoms with E-state index < -0.39 is 0 Å². The molecule has 2 bridgehead atoms. The second-order valence-electron chi connectivity index (χ2n) is 5.04. The predicted octanol–water partition coefficient (Wildman–Crippen LogP) is 2.33. The molecule has 2 nitrogen and oxygen atoms in total. The van der Waals surface area contributed by atoms with Crippen LogP contribution in [0.2, 0.25) is 0 Å². The highest BCUT2D eigenvalue weighted by atomic mass is 79.9. The summed E-state index contributed by atoms with van der Waals surface area (Å²) in [5, 5.41) is 1.16. The quantitative estimate of drug-likeness (QED) is 0.574. The summed E-state index contributed by atoms with van der Waals surface area (Å²) < 4.78 is 0. The van der Waals surface area contributed by atoms with Gasteiger partial charge in [0.15, 0.2) is 0 Å². The lowest BCUT2D eigenvalue weighted by atomic mass is 10.1. The van der Waals surface area contributed by atoms with E-state index >= 15 is 0 Å². The van der Waals surface area contributed by atoms with Gasteiger partial charge >= 0.3 is 0 Å². The molecule has 0 N–H and O–H groups in total. The van der Waals surface area contributed by atoms with Crippen molar-refractivity contribution in [3.8, 4) is 0 Å². The Morgan fingerprint density at radius 2 is 1.93 bits per heavy atom. The summed E-state index contributed by atoms with van der Waals surface area (Å²) in [5.74, 6) is 0. The monoisotopic (exact) mass is 274 g/mol. The van der Waals surface area contributed by atoms with E-state index in [0.717, 1.165) is 17.4 Å². The third kappa shape index (κ3) is 2.95. The van der Waals surface area contributed by atoms with Gasteiger partial charge in [0, 0.05) is 24.0 Å². The third-order valence-corrected chi connectivity index (χ3v) is 4.65. The van der Waals surface area contributed by atoms with Gasteiger partial charge < -0.3 is 4.90 Å². The standard InChI is InChI=1S/C12H23BrN2/c1-14-11-4-5-12(14)10-15(9-6-11)8-3-2-7-13/h11-12H,2-10H2,1H3. The Balaban J connectivity index is 1.79. The Morgan fingerprint density at radius 1 is 1.13 bits per heavy atom. The minimum absolute atomic E-state index is 0.849. The molecule has 0 aromatic carbocycles. The fourth-order valence-electron chi connectivity index (χ4n) is 3.01. The molecule has 0 amide bonds. The number of unbranched alkanes of at least 4 members (excludes halogenated alkanes) is 1. The summed E-state index contributed by atoms with van der Waals surface area (Å²) in [7, 11) is 2.32. The first-order valence-corrected chi connectivity index (χ1v) is 7.43. The SMILES string of the molecule is CN1C2CCC1CN(CCCCBr)CC2. The molecule has 0 saturated carbocycles. The van der Waals surface area contributed by atoms with Gasteiger partial charge in [-0.25, -0.2) is 0 Å². The van der Waals surface area contributed by atoms with Crippen LogP contribution in [0.15, 0.2) is 0 Å². The number of fused-ring (bicyclic) bond motifs is 2. The third-order valence-electron chi connectivity index (χ3n) is 4.09. The van der Waals surface area contributed by atoms with Gasteiger partial charge in [-0.05, 0) is 52.2 Å². The summed E-state index contributed by atoms with van der Waals surface area (Å²) >= 11 is 3.51. The minimum atomic E-state index is 0.849. The predicted molar refractivity (Wildman–Crippen MR) is 68.7 cm³/mol. The molecule has 2 atom stereocenters. The van der Waals surface area contributed by atoms with E-state index in [0.29, 0.717) is 0 Å². The van der Waals surface area contributed by atoms with Crippen LogP contribution in [0.3, 0.4) is 0 Å². The summed E-state index contributed by atoms with van der Waals surface area (Å²) in [6.07, 6.45) is 6.93. The van der Waals surface area contributed by atoms with Crippen LogP contribution < -0.4 is 0 Å². The molecule has 3 heteroatoms. The molecule has 2 aliphatic rings. The average molecular weight is 275 g/mol.